The Morgan fingerprint density at radius 3 is 2.96 bits per heavy atom. The summed E-state index contributed by atoms with van der Waals surface area (Å²) in [6.07, 6.45) is 6.66. The molecule has 1 aromatic heterocycles. The normalized spacial score (nSPS) is 12.0. The second kappa shape index (κ2) is 8.79. The van der Waals surface area contributed by atoms with Crippen LogP contribution in [0.2, 0.25) is 10.0 Å². The van der Waals surface area contributed by atoms with Gasteiger partial charge in [-0.15, -0.1) is 0 Å². The molecule has 7 heteroatoms. The van der Waals surface area contributed by atoms with Crippen molar-refractivity contribution in [1.29, 1.82) is 0 Å². The molecule has 0 unspecified atom stereocenters. The Morgan fingerprint density at radius 2 is 2.22 bits per heavy atom. The van der Waals surface area contributed by atoms with Gasteiger partial charge in [0, 0.05) is 25.5 Å². The molecule has 0 bridgehead atoms. The van der Waals surface area contributed by atoms with Gasteiger partial charge in [-0.3, -0.25) is 4.79 Å². The van der Waals surface area contributed by atoms with Gasteiger partial charge < -0.3 is 14.6 Å². The Bertz CT molecular complexity index is 632. The second-order valence-corrected chi connectivity index (χ2v) is 5.90. The van der Waals surface area contributed by atoms with Crippen molar-refractivity contribution in [1.82, 2.24) is 14.9 Å². The monoisotopic (exact) mass is 355 g/mol. The molecule has 5 nitrogen and oxygen atoms in total. The first-order valence-corrected chi connectivity index (χ1v) is 8.17. The predicted octanol–water partition coefficient (Wildman–Crippen LogP) is 3.55. The van der Waals surface area contributed by atoms with Crippen molar-refractivity contribution >= 4 is 29.1 Å². The van der Waals surface area contributed by atoms with Crippen LogP contribution in [0.1, 0.15) is 19.8 Å². The third-order valence-electron chi connectivity index (χ3n) is 3.29. The first-order chi connectivity index (χ1) is 11.1. The number of unbranched alkanes of at least 4 members (excludes halogenated alkanes) is 1. The number of aryl methyl sites for hydroxylation is 1. The number of rotatable bonds is 8. The SMILES string of the molecule is C[C@H](Oc1cccc(Cl)c1Cl)C(=O)NCCCCn1ccnc1. The summed E-state index contributed by atoms with van der Waals surface area (Å²) in [5, 5.41) is 3.57. The average molecular weight is 356 g/mol. The lowest BCUT2D eigenvalue weighted by Crippen LogP contribution is -2.36. The van der Waals surface area contributed by atoms with E-state index < -0.39 is 6.10 Å². The highest BCUT2D eigenvalue weighted by atomic mass is 35.5. The van der Waals surface area contributed by atoms with Crippen LogP contribution in [0.3, 0.4) is 0 Å². The van der Waals surface area contributed by atoms with Crippen LogP contribution in [0, 0.1) is 0 Å². The van der Waals surface area contributed by atoms with Gasteiger partial charge in [0.15, 0.2) is 6.10 Å². The number of nitrogens with one attached hydrogen (secondary N) is 1. The first-order valence-electron chi connectivity index (χ1n) is 7.42. The number of nitrogens with zero attached hydrogens (tertiary/aromatic N) is 2. The lowest BCUT2D eigenvalue weighted by molar-refractivity contribution is -0.127. The van der Waals surface area contributed by atoms with E-state index in [2.05, 4.69) is 10.3 Å². The molecule has 124 valence electrons. The van der Waals surface area contributed by atoms with E-state index in [1.165, 1.54) is 0 Å². The van der Waals surface area contributed by atoms with Crippen molar-refractivity contribution < 1.29 is 9.53 Å². The van der Waals surface area contributed by atoms with Crippen molar-refractivity contribution in [3.63, 3.8) is 0 Å². The van der Waals surface area contributed by atoms with E-state index in [-0.39, 0.29) is 5.91 Å². The maximum Gasteiger partial charge on any atom is 0.260 e. The molecular weight excluding hydrogens is 337 g/mol. The van der Waals surface area contributed by atoms with E-state index in [4.69, 9.17) is 27.9 Å². The molecule has 2 rings (SSSR count). The van der Waals surface area contributed by atoms with Crippen LogP contribution in [0.15, 0.2) is 36.9 Å². The molecule has 0 aliphatic heterocycles. The zero-order valence-corrected chi connectivity index (χ0v) is 14.3. The minimum absolute atomic E-state index is 0.177. The van der Waals surface area contributed by atoms with Gasteiger partial charge in [0.2, 0.25) is 0 Å². The molecule has 1 amide bonds. The molecule has 0 fully saturated rings. The van der Waals surface area contributed by atoms with Crippen LogP contribution in [-0.4, -0.2) is 28.1 Å². The van der Waals surface area contributed by atoms with Gasteiger partial charge in [0.25, 0.3) is 5.91 Å². The summed E-state index contributed by atoms with van der Waals surface area (Å²) in [5.74, 6) is 0.227. The summed E-state index contributed by atoms with van der Waals surface area (Å²) >= 11 is 12.0. The number of halogens is 2. The Hall–Kier alpha value is -1.72. The van der Waals surface area contributed by atoms with Gasteiger partial charge in [-0.1, -0.05) is 29.3 Å². The largest absolute Gasteiger partial charge is 0.479 e. The van der Waals surface area contributed by atoms with Gasteiger partial charge in [-0.05, 0) is 31.9 Å². The number of aromatic nitrogens is 2. The molecule has 1 atom stereocenters. The van der Waals surface area contributed by atoms with Gasteiger partial charge in [-0.2, -0.15) is 0 Å². The molecule has 0 spiro atoms. The average Bonchev–Trinajstić information content (AvgIpc) is 3.04. The van der Waals surface area contributed by atoms with Crippen molar-refractivity contribution in [3.05, 3.63) is 47.0 Å². The highest BCUT2D eigenvalue weighted by molar-refractivity contribution is 6.42. The Balaban J connectivity index is 1.69. The van der Waals surface area contributed by atoms with Gasteiger partial charge in [0.1, 0.15) is 10.8 Å². The van der Waals surface area contributed by atoms with E-state index in [1.807, 2.05) is 10.8 Å². The number of hydrogen-bond donors (Lipinski definition) is 1. The minimum atomic E-state index is -0.639. The Morgan fingerprint density at radius 1 is 1.39 bits per heavy atom. The summed E-state index contributed by atoms with van der Waals surface area (Å²) < 4.78 is 7.57. The number of benzene rings is 1. The molecule has 23 heavy (non-hydrogen) atoms. The predicted molar refractivity (Wildman–Crippen MR) is 91.0 cm³/mol. The molecular formula is C16H19Cl2N3O2. The zero-order valence-electron chi connectivity index (χ0n) is 12.8. The zero-order chi connectivity index (χ0) is 16.7. The van der Waals surface area contributed by atoms with Crippen LogP contribution in [-0.2, 0) is 11.3 Å². The topological polar surface area (TPSA) is 56.1 Å². The number of imidazole rings is 1. The maximum atomic E-state index is 12.0. The van der Waals surface area contributed by atoms with E-state index in [9.17, 15) is 4.79 Å². The Labute approximate surface area is 145 Å². The standard InChI is InChI=1S/C16H19Cl2N3O2/c1-12(23-14-6-4-5-13(17)15(14)18)16(22)20-7-2-3-9-21-10-8-19-11-21/h4-6,8,10-12H,2-3,7,9H2,1H3,(H,20,22)/t12-/m0/s1. The van der Waals surface area contributed by atoms with Crippen molar-refractivity contribution in [2.45, 2.75) is 32.4 Å². The maximum absolute atomic E-state index is 12.0. The highest BCUT2D eigenvalue weighted by Gasteiger charge is 2.16. The molecule has 1 aromatic carbocycles. The molecule has 0 saturated heterocycles. The molecule has 1 heterocycles. The van der Waals surface area contributed by atoms with E-state index >= 15 is 0 Å². The fourth-order valence-corrected chi connectivity index (χ4v) is 2.35. The summed E-state index contributed by atoms with van der Waals surface area (Å²) in [7, 11) is 0. The summed E-state index contributed by atoms with van der Waals surface area (Å²) in [4.78, 5) is 16.0. The fraction of sp³-hybridized carbons (Fsp3) is 0.375. The molecule has 0 saturated carbocycles. The van der Waals surface area contributed by atoms with Crippen molar-refractivity contribution in [2.75, 3.05) is 6.54 Å². The van der Waals surface area contributed by atoms with Crippen LogP contribution < -0.4 is 10.1 Å². The molecule has 2 aromatic rings. The van der Waals surface area contributed by atoms with Crippen molar-refractivity contribution in [3.8, 4) is 5.75 Å². The minimum Gasteiger partial charge on any atom is -0.479 e. The summed E-state index contributed by atoms with van der Waals surface area (Å²) in [5.41, 5.74) is 0. The van der Waals surface area contributed by atoms with Gasteiger partial charge in [-0.25, -0.2) is 4.98 Å². The third-order valence-corrected chi connectivity index (χ3v) is 4.09. The first kappa shape index (κ1) is 17.6. The lowest BCUT2D eigenvalue weighted by Gasteiger charge is -2.16. The van der Waals surface area contributed by atoms with Gasteiger partial charge in [0.05, 0.1) is 11.3 Å². The Kier molecular flexibility index (Phi) is 6.74. The fourth-order valence-electron chi connectivity index (χ4n) is 2.01. The summed E-state index contributed by atoms with van der Waals surface area (Å²) in [6, 6.07) is 5.08. The number of ether oxygens (including phenoxy) is 1. The van der Waals surface area contributed by atoms with Crippen LogP contribution >= 0.6 is 23.2 Å². The quantitative estimate of drug-likeness (QED) is 0.736. The molecule has 0 aliphatic rings. The number of carbonyl (C=O) groups is 1. The van der Waals surface area contributed by atoms with Crippen LogP contribution in [0.5, 0.6) is 5.75 Å². The van der Waals surface area contributed by atoms with E-state index in [0.717, 1.165) is 19.4 Å². The van der Waals surface area contributed by atoms with Crippen LogP contribution in [0.4, 0.5) is 0 Å². The smallest absolute Gasteiger partial charge is 0.260 e. The second-order valence-electron chi connectivity index (χ2n) is 5.11. The van der Waals surface area contributed by atoms with Crippen LogP contribution in [0.25, 0.3) is 0 Å². The van der Waals surface area contributed by atoms with E-state index in [1.54, 1.807) is 37.6 Å². The molecule has 0 aliphatic carbocycles. The van der Waals surface area contributed by atoms with E-state index in [0.29, 0.717) is 22.3 Å². The number of carbonyl (C=O) groups excluding carboxylic acids is 1. The highest BCUT2D eigenvalue weighted by Crippen LogP contribution is 2.32. The number of hydrogen-bond acceptors (Lipinski definition) is 3. The molecule has 0 radical (unpaired) electrons. The number of amides is 1. The summed E-state index contributed by atoms with van der Waals surface area (Å²) in [6.45, 7) is 3.17. The third kappa shape index (κ3) is 5.44. The van der Waals surface area contributed by atoms with Gasteiger partial charge >= 0.3 is 0 Å². The van der Waals surface area contributed by atoms with Crippen molar-refractivity contribution in [2.24, 2.45) is 0 Å². The molecule has 1 N–H and O–H groups in total. The lowest BCUT2D eigenvalue weighted by atomic mass is 10.3.